The van der Waals surface area contributed by atoms with Gasteiger partial charge in [0, 0.05) is 19.1 Å². The molecule has 2 aromatic heterocycles. The highest BCUT2D eigenvalue weighted by Gasteiger charge is 2.19. The minimum atomic E-state index is -1.05. The third-order valence-corrected chi connectivity index (χ3v) is 3.81. The molecule has 22 heavy (non-hydrogen) atoms. The third-order valence-electron chi connectivity index (χ3n) is 3.56. The molecular formula is C14H13ClN4O3. The molecule has 0 fully saturated rings. The number of nitrogens with one attached hydrogen (secondary N) is 1. The molecule has 0 spiro atoms. The van der Waals surface area contributed by atoms with Crippen LogP contribution in [-0.2, 0) is 14.1 Å². The molecule has 2 heterocycles. The number of hydrogen-bond donors (Lipinski definition) is 2. The number of aromatic nitrogens is 4. The molecule has 0 bridgehead atoms. The van der Waals surface area contributed by atoms with Crippen molar-refractivity contribution in [2.75, 3.05) is 0 Å². The maximum atomic E-state index is 12.1. The standard InChI is InChI=1S/C14H13ClN4O3/c1-18-12-9(13(21)19(2)14(18)22)16-11(17-12)10(20)7-3-5-8(15)6-4-7/h3-6,10,20H,1-2H3,(H,16,17)/t10-/m0/s1. The highest BCUT2D eigenvalue weighted by atomic mass is 35.5. The van der Waals surface area contributed by atoms with Crippen molar-refractivity contribution in [1.29, 1.82) is 0 Å². The zero-order chi connectivity index (χ0) is 16.0. The van der Waals surface area contributed by atoms with Crippen LogP contribution in [-0.4, -0.2) is 24.2 Å². The Kier molecular flexibility index (Phi) is 3.38. The van der Waals surface area contributed by atoms with Crippen LogP contribution in [0.15, 0.2) is 33.9 Å². The number of aromatic amines is 1. The van der Waals surface area contributed by atoms with Crippen molar-refractivity contribution in [3.63, 3.8) is 0 Å². The molecule has 114 valence electrons. The van der Waals surface area contributed by atoms with Gasteiger partial charge < -0.3 is 10.1 Å². The molecule has 7 nitrogen and oxygen atoms in total. The second-order valence-corrected chi connectivity index (χ2v) is 5.42. The van der Waals surface area contributed by atoms with Crippen LogP contribution >= 0.6 is 11.6 Å². The topological polar surface area (TPSA) is 92.9 Å². The summed E-state index contributed by atoms with van der Waals surface area (Å²) < 4.78 is 2.24. The molecule has 0 saturated heterocycles. The Morgan fingerprint density at radius 3 is 2.45 bits per heavy atom. The predicted molar refractivity (Wildman–Crippen MR) is 82.1 cm³/mol. The Morgan fingerprint density at radius 1 is 1.18 bits per heavy atom. The summed E-state index contributed by atoms with van der Waals surface area (Å²) in [5, 5.41) is 10.9. The van der Waals surface area contributed by atoms with E-state index in [0.717, 1.165) is 4.57 Å². The number of imidazole rings is 1. The Balaban J connectivity index is 2.19. The Hall–Kier alpha value is -2.38. The summed E-state index contributed by atoms with van der Waals surface area (Å²) in [6.07, 6.45) is -1.05. The van der Waals surface area contributed by atoms with Crippen molar-refractivity contribution < 1.29 is 5.11 Å². The number of hydrogen-bond acceptors (Lipinski definition) is 4. The van der Waals surface area contributed by atoms with E-state index in [2.05, 4.69) is 9.97 Å². The maximum absolute atomic E-state index is 12.1. The first-order valence-electron chi connectivity index (χ1n) is 6.49. The van der Waals surface area contributed by atoms with Crippen LogP contribution < -0.4 is 11.2 Å². The first kappa shape index (κ1) is 14.6. The van der Waals surface area contributed by atoms with Gasteiger partial charge in [0.05, 0.1) is 0 Å². The van der Waals surface area contributed by atoms with Crippen LogP contribution in [0.5, 0.6) is 0 Å². The summed E-state index contributed by atoms with van der Waals surface area (Å²) in [4.78, 5) is 31.0. The molecule has 0 aliphatic carbocycles. The van der Waals surface area contributed by atoms with Crippen molar-refractivity contribution in [3.8, 4) is 0 Å². The van der Waals surface area contributed by atoms with E-state index in [0.29, 0.717) is 10.6 Å². The summed E-state index contributed by atoms with van der Waals surface area (Å²) in [6, 6.07) is 6.63. The molecular weight excluding hydrogens is 308 g/mol. The van der Waals surface area contributed by atoms with Gasteiger partial charge in [0.25, 0.3) is 5.56 Å². The number of aliphatic hydroxyl groups excluding tert-OH is 1. The number of aliphatic hydroxyl groups is 1. The zero-order valence-corrected chi connectivity index (χ0v) is 12.6. The lowest BCUT2D eigenvalue weighted by Gasteiger charge is -2.07. The minimum absolute atomic E-state index is 0.174. The van der Waals surface area contributed by atoms with E-state index in [-0.39, 0.29) is 17.0 Å². The summed E-state index contributed by atoms with van der Waals surface area (Å²) >= 11 is 5.82. The third kappa shape index (κ3) is 2.15. The second kappa shape index (κ2) is 5.11. The molecule has 2 N–H and O–H groups in total. The number of rotatable bonds is 2. The van der Waals surface area contributed by atoms with Crippen molar-refractivity contribution in [3.05, 3.63) is 61.5 Å². The van der Waals surface area contributed by atoms with Gasteiger partial charge in [-0.1, -0.05) is 23.7 Å². The van der Waals surface area contributed by atoms with E-state index in [1.54, 1.807) is 24.3 Å². The lowest BCUT2D eigenvalue weighted by Crippen LogP contribution is -2.36. The summed E-state index contributed by atoms with van der Waals surface area (Å²) in [7, 11) is 2.91. The van der Waals surface area contributed by atoms with Gasteiger partial charge in [0.15, 0.2) is 5.65 Å². The quantitative estimate of drug-likeness (QED) is 0.726. The summed E-state index contributed by atoms with van der Waals surface area (Å²) in [5.41, 5.74) is -0.00861. The number of benzene rings is 1. The average molecular weight is 321 g/mol. The van der Waals surface area contributed by atoms with Gasteiger partial charge in [0.1, 0.15) is 17.4 Å². The molecule has 1 atom stereocenters. The van der Waals surface area contributed by atoms with Gasteiger partial charge in [-0.2, -0.15) is 0 Å². The van der Waals surface area contributed by atoms with Gasteiger partial charge in [-0.15, -0.1) is 0 Å². The predicted octanol–water partition coefficient (Wildman–Crippen LogP) is 0.695. The van der Waals surface area contributed by atoms with Crippen LogP contribution in [0.25, 0.3) is 11.2 Å². The smallest absolute Gasteiger partial charge is 0.332 e. The van der Waals surface area contributed by atoms with E-state index < -0.39 is 17.4 Å². The first-order valence-corrected chi connectivity index (χ1v) is 6.87. The van der Waals surface area contributed by atoms with Gasteiger partial charge in [-0.3, -0.25) is 13.9 Å². The molecule has 8 heteroatoms. The molecule has 0 aliphatic rings. The van der Waals surface area contributed by atoms with E-state index in [4.69, 9.17) is 11.6 Å². The lowest BCUT2D eigenvalue weighted by atomic mass is 10.1. The van der Waals surface area contributed by atoms with Crippen LogP contribution in [0.4, 0.5) is 0 Å². The van der Waals surface area contributed by atoms with Crippen LogP contribution in [0.1, 0.15) is 17.5 Å². The molecule has 0 amide bonds. The Labute approximate surface area is 129 Å². The van der Waals surface area contributed by atoms with E-state index in [9.17, 15) is 14.7 Å². The SMILES string of the molecule is Cn1c(=O)c2[nH]c([C@@H](O)c3ccc(Cl)cc3)nc2n(C)c1=O. The monoisotopic (exact) mass is 320 g/mol. The lowest BCUT2D eigenvalue weighted by molar-refractivity contribution is 0.211. The van der Waals surface area contributed by atoms with E-state index in [1.807, 2.05) is 0 Å². The maximum Gasteiger partial charge on any atom is 0.332 e. The van der Waals surface area contributed by atoms with Crippen LogP contribution in [0, 0.1) is 0 Å². The molecule has 0 aliphatic heterocycles. The number of nitrogens with zero attached hydrogens (tertiary/aromatic N) is 3. The van der Waals surface area contributed by atoms with Gasteiger partial charge in [0.2, 0.25) is 0 Å². The van der Waals surface area contributed by atoms with Gasteiger partial charge in [-0.05, 0) is 17.7 Å². The molecule has 1 aromatic carbocycles. The van der Waals surface area contributed by atoms with Gasteiger partial charge in [-0.25, -0.2) is 9.78 Å². The fourth-order valence-electron chi connectivity index (χ4n) is 2.28. The second-order valence-electron chi connectivity index (χ2n) is 4.98. The Bertz CT molecular complexity index is 969. The van der Waals surface area contributed by atoms with E-state index in [1.165, 1.54) is 18.7 Å². The fourth-order valence-corrected chi connectivity index (χ4v) is 2.40. The largest absolute Gasteiger partial charge is 0.380 e. The minimum Gasteiger partial charge on any atom is -0.380 e. The molecule has 0 unspecified atom stereocenters. The van der Waals surface area contributed by atoms with Crippen molar-refractivity contribution in [2.24, 2.45) is 14.1 Å². The van der Waals surface area contributed by atoms with Crippen molar-refractivity contribution in [2.45, 2.75) is 6.10 Å². The fraction of sp³-hybridized carbons (Fsp3) is 0.214. The highest BCUT2D eigenvalue weighted by Crippen LogP contribution is 2.22. The number of H-pyrrole nitrogens is 1. The zero-order valence-electron chi connectivity index (χ0n) is 11.9. The molecule has 0 saturated carbocycles. The first-order chi connectivity index (χ1) is 10.4. The molecule has 3 aromatic rings. The molecule has 3 rings (SSSR count). The van der Waals surface area contributed by atoms with Crippen molar-refractivity contribution >= 4 is 22.8 Å². The normalized spacial score (nSPS) is 12.7. The number of halogens is 1. The average Bonchev–Trinajstić information content (AvgIpc) is 2.96. The number of aryl methyl sites for hydroxylation is 1. The van der Waals surface area contributed by atoms with Gasteiger partial charge >= 0.3 is 5.69 Å². The highest BCUT2D eigenvalue weighted by molar-refractivity contribution is 6.30. The Morgan fingerprint density at radius 2 is 1.82 bits per heavy atom. The number of fused-ring (bicyclic) bond motifs is 1. The van der Waals surface area contributed by atoms with Crippen LogP contribution in [0.3, 0.4) is 0 Å². The van der Waals surface area contributed by atoms with E-state index >= 15 is 0 Å². The van der Waals surface area contributed by atoms with Crippen LogP contribution in [0.2, 0.25) is 5.02 Å². The summed E-state index contributed by atoms with van der Waals surface area (Å²) in [6.45, 7) is 0. The van der Waals surface area contributed by atoms with Crippen molar-refractivity contribution in [1.82, 2.24) is 19.1 Å². The molecule has 0 radical (unpaired) electrons. The summed E-state index contributed by atoms with van der Waals surface area (Å²) in [5.74, 6) is 0.190.